The maximum atomic E-state index is 12.2. The Balaban J connectivity index is 1.64. The van der Waals surface area contributed by atoms with Gasteiger partial charge < -0.3 is 0 Å². The van der Waals surface area contributed by atoms with Crippen molar-refractivity contribution in [1.82, 2.24) is 10.9 Å². The fraction of sp³-hybridized carbons (Fsp3) is 0. The van der Waals surface area contributed by atoms with Crippen molar-refractivity contribution >= 4 is 35.0 Å². The minimum absolute atomic E-state index is 0.205. The predicted octanol–water partition coefficient (Wildman–Crippen LogP) is 4.74. The third-order valence-corrected chi connectivity index (χ3v) is 4.27. The molecule has 0 aromatic heterocycles. The van der Waals surface area contributed by atoms with Gasteiger partial charge in [-0.3, -0.25) is 20.4 Å². The van der Waals surface area contributed by atoms with Crippen LogP contribution in [-0.2, 0) is 0 Å². The van der Waals surface area contributed by atoms with Crippen molar-refractivity contribution < 1.29 is 9.59 Å². The van der Waals surface area contributed by atoms with Gasteiger partial charge in [0.25, 0.3) is 11.8 Å². The van der Waals surface area contributed by atoms with Gasteiger partial charge in [-0.2, -0.15) is 0 Å². The molecule has 3 aromatic carbocycles. The number of hydrazine groups is 1. The molecule has 26 heavy (non-hydrogen) atoms. The summed E-state index contributed by atoms with van der Waals surface area (Å²) in [6.45, 7) is 0. The van der Waals surface area contributed by atoms with Gasteiger partial charge in [0.2, 0.25) is 0 Å². The van der Waals surface area contributed by atoms with Crippen molar-refractivity contribution in [3.63, 3.8) is 0 Å². The van der Waals surface area contributed by atoms with Crippen molar-refractivity contribution in [2.75, 3.05) is 0 Å². The van der Waals surface area contributed by atoms with E-state index in [1.165, 1.54) is 12.1 Å². The highest BCUT2D eigenvalue weighted by atomic mass is 35.5. The van der Waals surface area contributed by atoms with E-state index in [4.69, 9.17) is 23.2 Å². The van der Waals surface area contributed by atoms with Gasteiger partial charge in [0.05, 0.1) is 10.6 Å². The summed E-state index contributed by atoms with van der Waals surface area (Å²) in [7, 11) is 0. The summed E-state index contributed by atoms with van der Waals surface area (Å²) in [5, 5.41) is 0.630. The van der Waals surface area contributed by atoms with Crippen LogP contribution in [0.25, 0.3) is 11.1 Å². The summed E-state index contributed by atoms with van der Waals surface area (Å²) in [5.41, 5.74) is 7.41. The first-order chi connectivity index (χ1) is 12.5. The molecule has 0 bridgehead atoms. The molecule has 3 rings (SSSR count). The molecular formula is C20H14Cl2N2O2. The largest absolute Gasteiger partial charge is 0.271 e. The number of nitrogens with one attached hydrogen (secondary N) is 2. The monoisotopic (exact) mass is 384 g/mol. The molecule has 3 aromatic rings. The molecule has 0 heterocycles. The van der Waals surface area contributed by atoms with E-state index in [0.29, 0.717) is 10.6 Å². The maximum Gasteiger partial charge on any atom is 0.271 e. The van der Waals surface area contributed by atoms with Crippen molar-refractivity contribution in [3.8, 4) is 11.1 Å². The van der Waals surface area contributed by atoms with Crippen LogP contribution in [0.5, 0.6) is 0 Å². The summed E-state index contributed by atoms with van der Waals surface area (Å²) >= 11 is 11.8. The van der Waals surface area contributed by atoms with Gasteiger partial charge in [-0.05, 0) is 41.5 Å². The molecule has 0 saturated heterocycles. The topological polar surface area (TPSA) is 58.2 Å². The second-order valence-electron chi connectivity index (χ2n) is 5.48. The minimum Gasteiger partial charge on any atom is -0.267 e. The Hall–Kier alpha value is -2.82. The standard InChI is InChI=1S/C20H14Cl2N2O2/c21-16-10-11-17(18(22)12-16)20(26)24-23-19(25)15-8-6-14(7-9-15)13-4-2-1-3-5-13/h1-12H,(H,23,25)(H,24,26). The number of amides is 2. The van der Waals surface area contributed by atoms with E-state index in [0.717, 1.165) is 11.1 Å². The highest BCUT2D eigenvalue weighted by molar-refractivity contribution is 6.36. The van der Waals surface area contributed by atoms with Crippen LogP contribution in [0, 0.1) is 0 Å². The fourth-order valence-electron chi connectivity index (χ4n) is 2.37. The Morgan fingerprint density at radius 3 is 1.96 bits per heavy atom. The smallest absolute Gasteiger partial charge is 0.267 e. The molecule has 0 aliphatic heterocycles. The molecule has 2 N–H and O–H groups in total. The highest BCUT2D eigenvalue weighted by Gasteiger charge is 2.12. The van der Waals surface area contributed by atoms with Crippen LogP contribution in [0.1, 0.15) is 20.7 Å². The van der Waals surface area contributed by atoms with E-state index in [1.807, 2.05) is 42.5 Å². The van der Waals surface area contributed by atoms with Crippen molar-refractivity contribution in [3.05, 3.63) is 94.0 Å². The lowest BCUT2D eigenvalue weighted by atomic mass is 10.0. The predicted molar refractivity (Wildman–Crippen MR) is 103 cm³/mol. The SMILES string of the molecule is O=C(NNC(=O)c1ccc(Cl)cc1Cl)c1ccc(-c2ccccc2)cc1. The Bertz CT molecular complexity index is 942. The maximum absolute atomic E-state index is 12.2. The van der Waals surface area contributed by atoms with Gasteiger partial charge in [-0.1, -0.05) is 65.7 Å². The van der Waals surface area contributed by atoms with Gasteiger partial charge in [-0.15, -0.1) is 0 Å². The average molecular weight is 385 g/mol. The zero-order valence-corrected chi connectivity index (χ0v) is 15.0. The van der Waals surface area contributed by atoms with Crippen LogP contribution in [0.2, 0.25) is 10.0 Å². The van der Waals surface area contributed by atoms with Crippen LogP contribution in [0.3, 0.4) is 0 Å². The molecule has 130 valence electrons. The van der Waals surface area contributed by atoms with E-state index in [1.54, 1.807) is 18.2 Å². The number of hydrogen-bond donors (Lipinski definition) is 2. The molecule has 0 aliphatic rings. The molecule has 0 radical (unpaired) electrons. The van der Waals surface area contributed by atoms with Gasteiger partial charge in [0, 0.05) is 10.6 Å². The Kier molecular flexibility index (Phi) is 5.56. The third-order valence-electron chi connectivity index (χ3n) is 3.72. The van der Waals surface area contributed by atoms with E-state index >= 15 is 0 Å². The van der Waals surface area contributed by atoms with Crippen LogP contribution in [0.15, 0.2) is 72.8 Å². The number of rotatable bonds is 3. The molecule has 2 amide bonds. The molecule has 0 spiro atoms. The lowest BCUT2D eigenvalue weighted by molar-refractivity contribution is 0.0847. The first-order valence-electron chi connectivity index (χ1n) is 7.76. The van der Waals surface area contributed by atoms with E-state index < -0.39 is 11.8 Å². The minimum atomic E-state index is -0.527. The molecule has 0 atom stereocenters. The summed E-state index contributed by atoms with van der Waals surface area (Å²) in [6, 6.07) is 21.4. The Morgan fingerprint density at radius 1 is 0.692 bits per heavy atom. The van der Waals surface area contributed by atoms with E-state index in [9.17, 15) is 9.59 Å². The quantitative estimate of drug-likeness (QED) is 0.640. The van der Waals surface area contributed by atoms with Gasteiger partial charge in [0.15, 0.2) is 0 Å². The third kappa shape index (κ3) is 4.23. The molecule has 0 fully saturated rings. The zero-order valence-electron chi connectivity index (χ0n) is 13.5. The van der Waals surface area contributed by atoms with Crippen molar-refractivity contribution in [2.24, 2.45) is 0 Å². The van der Waals surface area contributed by atoms with Crippen molar-refractivity contribution in [2.45, 2.75) is 0 Å². The van der Waals surface area contributed by atoms with Gasteiger partial charge >= 0.3 is 0 Å². The van der Waals surface area contributed by atoms with Crippen LogP contribution in [-0.4, -0.2) is 11.8 Å². The van der Waals surface area contributed by atoms with Crippen LogP contribution in [0.4, 0.5) is 0 Å². The number of hydrogen-bond acceptors (Lipinski definition) is 2. The average Bonchev–Trinajstić information content (AvgIpc) is 2.66. The first kappa shape index (κ1) is 18.0. The van der Waals surface area contributed by atoms with Crippen LogP contribution < -0.4 is 10.9 Å². The van der Waals surface area contributed by atoms with Gasteiger partial charge in [0.1, 0.15) is 0 Å². The van der Waals surface area contributed by atoms with Gasteiger partial charge in [-0.25, -0.2) is 0 Å². The second-order valence-corrected chi connectivity index (χ2v) is 6.32. The second kappa shape index (κ2) is 8.04. The molecule has 0 saturated carbocycles. The number of benzene rings is 3. The molecule has 4 nitrogen and oxygen atoms in total. The summed E-state index contributed by atoms with van der Waals surface area (Å²) in [4.78, 5) is 24.3. The van der Waals surface area contributed by atoms with Crippen LogP contribution >= 0.6 is 23.2 Å². The van der Waals surface area contributed by atoms with E-state index in [-0.39, 0.29) is 10.6 Å². The summed E-state index contributed by atoms with van der Waals surface area (Å²) in [5.74, 6) is -0.955. The fourth-order valence-corrected chi connectivity index (χ4v) is 2.87. The molecular weight excluding hydrogens is 371 g/mol. The normalized spacial score (nSPS) is 10.2. The zero-order chi connectivity index (χ0) is 18.5. The highest BCUT2D eigenvalue weighted by Crippen LogP contribution is 2.21. The van der Waals surface area contributed by atoms with E-state index in [2.05, 4.69) is 10.9 Å². The molecule has 0 aliphatic carbocycles. The summed E-state index contributed by atoms with van der Waals surface area (Å²) in [6.07, 6.45) is 0. The molecule has 6 heteroatoms. The lowest BCUT2D eigenvalue weighted by Crippen LogP contribution is -2.41. The Morgan fingerprint density at radius 2 is 1.31 bits per heavy atom. The van der Waals surface area contributed by atoms with Crippen molar-refractivity contribution in [1.29, 1.82) is 0 Å². The number of halogens is 2. The number of carbonyl (C=O) groups is 2. The summed E-state index contributed by atoms with van der Waals surface area (Å²) < 4.78 is 0. The number of carbonyl (C=O) groups excluding carboxylic acids is 2. The molecule has 0 unspecified atom stereocenters. The first-order valence-corrected chi connectivity index (χ1v) is 8.51. The lowest BCUT2D eigenvalue weighted by Gasteiger charge is -2.09. The Labute approximate surface area is 160 Å².